The van der Waals surface area contributed by atoms with Gasteiger partial charge < -0.3 is 10.0 Å². The van der Waals surface area contributed by atoms with Crippen LogP contribution in [-0.4, -0.2) is 50.4 Å². The van der Waals surface area contributed by atoms with Crippen molar-refractivity contribution in [3.63, 3.8) is 0 Å². The molecule has 0 heterocycles. The molecule has 0 radical (unpaired) electrons. The van der Waals surface area contributed by atoms with Crippen LogP contribution in [-0.2, 0) is 19.6 Å². The van der Waals surface area contributed by atoms with Crippen molar-refractivity contribution < 1.29 is 27.5 Å². The molecule has 0 bridgehead atoms. The Labute approximate surface area is 121 Å². The van der Waals surface area contributed by atoms with Crippen LogP contribution in [0.1, 0.15) is 6.42 Å². The predicted octanol–water partition coefficient (Wildman–Crippen LogP) is 0.0371. The van der Waals surface area contributed by atoms with E-state index >= 15 is 0 Å². The molecule has 0 unspecified atom stereocenters. The number of carboxylic acids is 1. The molecule has 9 heteroatoms. The fraction of sp³-hybridized carbons (Fsp3) is 0.333. The Morgan fingerprint density at radius 1 is 1.29 bits per heavy atom. The molecule has 116 valence electrons. The van der Waals surface area contributed by atoms with E-state index in [0.717, 1.165) is 29.2 Å². The second-order valence-corrected chi connectivity index (χ2v) is 6.01. The number of nitrogens with one attached hydrogen (secondary N) is 1. The molecule has 7 nitrogen and oxygen atoms in total. The summed E-state index contributed by atoms with van der Waals surface area (Å²) in [4.78, 5) is 22.8. The third-order valence-corrected chi connectivity index (χ3v) is 4.03. The van der Waals surface area contributed by atoms with Crippen molar-refractivity contribution in [1.82, 2.24) is 9.62 Å². The SMILES string of the molecule is CN(CC(=O)O)C(=O)CCNS(=O)(=O)c1ccc(F)cc1. The number of nitrogens with zero attached hydrogens (tertiary/aromatic N) is 1. The molecule has 1 aromatic rings. The van der Waals surface area contributed by atoms with Crippen molar-refractivity contribution >= 4 is 21.9 Å². The van der Waals surface area contributed by atoms with Crippen molar-refractivity contribution in [2.45, 2.75) is 11.3 Å². The molecule has 0 aliphatic rings. The highest BCUT2D eigenvalue weighted by Crippen LogP contribution is 2.09. The van der Waals surface area contributed by atoms with Gasteiger partial charge in [0.25, 0.3) is 0 Å². The summed E-state index contributed by atoms with van der Waals surface area (Å²) in [6.45, 7) is -0.633. The Kier molecular flexibility index (Phi) is 5.79. The molecule has 0 fully saturated rings. The van der Waals surface area contributed by atoms with E-state index in [2.05, 4.69) is 4.72 Å². The lowest BCUT2D eigenvalue weighted by Crippen LogP contribution is -2.35. The average molecular weight is 318 g/mol. The van der Waals surface area contributed by atoms with Gasteiger partial charge in [-0.05, 0) is 24.3 Å². The largest absolute Gasteiger partial charge is 0.480 e. The molecule has 1 rings (SSSR count). The van der Waals surface area contributed by atoms with Gasteiger partial charge in [0, 0.05) is 20.0 Å². The summed E-state index contributed by atoms with van der Waals surface area (Å²) < 4.78 is 38.5. The van der Waals surface area contributed by atoms with E-state index in [4.69, 9.17) is 5.11 Å². The number of sulfonamides is 1. The average Bonchev–Trinajstić information content (AvgIpc) is 2.38. The normalized spacial score (nSPS) is 11.1. The number of benzene rings is 1. The van der Waals surface area contributed by atoms with Crippen molar-refractivity contribution in [2.75, 3.05) is 20.1 Å². The first-order valence-corrected chi connectivity index (χ1v) is 7.41. The second-order valence-electron chi connectivity index (χ2n) is 4.25. The number of likely N-dealkylation sites (N-methyl/N-ethyl adjacent to an activating group) is 1. The molecule has 0 saturated carbocycles. The number of aliphatic carboxylic acids is 1. The minimum Gasteiger partial charge on any atom is -0.480 e. The van der Waals surface area contributed by atoms with Crippen LogP contribution in [0, 0.1) is 5.82 Å². The van der Waals surface area contributed by atoms with Crippen LogP contribution >= 0.6 is 0 Å². The third-order valence-electron chi connectivity index (χ3n) is 2.55. The molecule has 0 aromatic heterocycles. The van der Waals surface area contributed by atoms with Crippen LogP contribution in [0.3, 0.4) is 0 Å². The van der Waals surface area contributed by atoms with E-state index in [1.165, 1.54) is 7.05 Å². The summed E-state index contributed by atoms with van der Waals surface area (Å²) in [6, 6.07) is 4.24. The second kappa shape index (κ2) is 7.14. The van der Waals surface area contributed by atoms with Gasteiger partial charge >= 0.3 is 5.97 Å². The zero-order chi connectivity index (χ0) is 16.0. The summed E-state index contributed by atoms with van der Waals surface area (Å²) in [5.74, 6) is -2.21. The first-order valence-electron chi connectivity index (χ1n) is 5.93. The number of amides is 1. The topological polar surface area (TPSA) is 104 Å². The number of hydrogen-bond donors (Lipinski definition) is 2. The van der Waals surface area contributed by atoms with Crippen LogP contribution in [0.4, 0.5) is 4.39 Å². The van der Waals surface area contributed by atoms with Crippen LogP contribution < -0.4 is 4.72 Å². The lowest BCUT2D eigenvalue weighted by Gasteiger charge is -2.14. The van der Waals surface area contributed by atoms with Gasteiger partial charge in [0.05, 0.1) is 4.90 Å². The van der Waals surface area contributed by atoms with E-state index in [1.807, 2.05) is 0 Å². The van der Waals surface area contributed by atoms with Gasteiger partial charge in [-0.3, -0.25) is 9.59 Å². The zero-order valence-corrected chi connectivity index (χ0v) is 12.1. The summed E-state index contributed by atoms with van der Waals surface area (Å²) in [7, 11) is -2.51. The molecule has 1 amide bonds. The van der Waals surface area contributed by atoms with Gasteiger partial charge in [0.15, 0.2) is 0 Å². The molecule has 2 N–H and O–H groups in total. The quantitative estimate of drug-likeness (QED) is 0.738. The van der Waals surface area contributed by atoms with Crippen LogP contribution in [0.2, 0.25) is 0 Å². The maximum Gasteiger partial charge on any atom is 0.323 e. The molecular weight excluding hydrogens is 303 g/mol. The van der Waals surface area contributed by atoms with Gasteiger partial charge in [-0.15, -0.1) is 0 Å². The fourth-order valence-electron chi connectivity index (χ4n) is 1.47. The molecule has 0 saturated heterocycles. The Morgan fingerprint density at radius 3 is 2.38 bits per heavy atom. The van der Waals surface area contributed by atoms with Crippen LogP contribution in [0.15, 0.2) is 29.2 Å². The van der Waals surface area contributed by atoms with E-state index in [1.54, 1.807) is 0 Å². The number of carbonyl (C=O) groups excluding carboxylic acids is 1. The number of hydrogen-bond acceptors (Lipinski definition) is 4. The van der Waals surface area contributed by atoms with Gasteiger partial charge in [-0.25, -0.2) is 17.5 Å². The van der Waals surface area contributed by atoms with Crippen LogP contribution in [0.25, 0.3) is 0 Å². The van der Waals surface area contributed by atoms with Gasteiger partial charge in [0.1, 0.15) is 12.4 Å². The van der Waals surface area contributed by atoms with Gasteiger partial charge in [-0.1, -0.05) is 0 Å². The molecule has 0 spiro atoms. The van der Waals surface area contributed by atoms with Gasteiger partial charge in [0.2, 0.25) is 15.9 Å². The monoisotopic (exact) mass is 318 g/mol. The van der Waals surface area contributed by atoms with E-state index in [-0.39, 0.29) is 17.9 Å². The lowest BCUT2D eigenvalue weighted by molar-refractivity contribution is -0.143. The van der Waals surface area contributed by atoms with Crippen molar-refractivity contribution in [3.8, 4) is 0 Å². The highest BCUT2D eigenvalue weighted by Gasteiger charge is 2.16. The summed E-state index contributed by atoms with van der Waals surface area (Å²) in [5.41, 5.74) is 0. The highest BCUT2D eigenvalue weighted by atomic mass is 32.2. The van der Waals surface area contributed by atoms with E-state index < -0.39 is 34.3 Å². The van der Waals surface area contributed by atoms with Crippen molar-refractivity contribution in [3.05, 3.63) is 30.1 Å². The maximum atomic E-state index is 12.7. The Hall–Kier alpha value is -2.00. The number of rotatable bonds is 7. The number of carbonyl (C=O) groups is 2. The Morgan fingerprint density at radius 2 is 1.86 bits per heavy atom. The predicted molar refractivity (Wildman–Crippen MR) is 71.5 cm³/mol. The Bertz CT molecular complexity index is 615. The number of halogens is 1. The number of carboxylic acid groups (broad SMARTS) is 1. The third kappa shape index (κ3) is 5.48. The van der Waals surface area contributed by atoms with Gasteiger partial charge in [-0.2, -0.15) is 0 Å². The summed E-state index contributed by atoms with van der Waals surface area (Å²) in [5, 5.41) is 8.52. The molecule has 0 aliphatic carbocycles. The van der Waals surface area contributed by atoms with E-state index in [0.29, 0.717) is 0 Å². The molecule has 0 atom stereocenters. The molecule has 1 aromatic carbocycles. The fourth-order valence-corrected chi connectivity index (χ4v) is 2.50. The zero-order valence-electron chi connectivity index (χ0n) is 11.2. The standard InChI is InChI=1S/C12H15FN2O5S/c1-15(8-12(17)18)11(16)6-7-14-21(19,20)10-4-2-9(13)3-5-10/h2-5,14H,6-8H2,1H3,(H,17,18). The van der Waals surface area contributed by atoms with Crippen molar-refractivity contribution in [2.24, 2.45) is 0 Å². The summed E-state index contributed by atoms with van der Waals surface area (Å²) in [6.07, 6.45) is -0.176. The first-order chi connectivity index (χ1) is 9.72. The minimum atomic E-state index is -3.83. The molecular formula is C12H15FN2O5S. The lowest BCUT2D eigenvalue weighted by atomic mass is 10.3. The highest BCUT2D eigenvalue weighted by molar-refractivity contribution is 7.89. The first kappa shape index (κ1) is 17.1. The van der Waals surface area contributed by atoms with E-state index in [9.17, 15) is 22.4 Å². The molecule has 0 aliphatic heterocycles. The summed E-state index contributed by atoms with van der Waals surface area (Å²) >= 11 is 0. The van der Waals surface area contributed by atoms with Crippen molar-refractivity contribution in [1.29, 1.82) is 0 Å². The molecule has 21 heavy (non-hydrogen) atoms. The Balaban J connectivity index is 2.53. The van der Waals surface area contributed by atoms with Crippen LogP contribution in [0.5, 0.6) is 0 Å². The maximum absolute atomic E-state index is 12.7. The minimum absolute atomic E-state index is 0.116. The smallest absolute Gasteiger partial charge is 0.323 e.